The van der Waals surface area contributed by atoms with E-state index in [1.165, 1.54) is 30.3 Å². The fourth-order valence-corrected chi connectivity index (χ4v) is 3.41. The lowest BCUT2D eigenvalue weighted by atomic mass is 10.1. The van der Waals surface area contributed by atoms with E-state index in [0.29, 0.717) is 16.7 Å². The van der Waals surface area contributed by atoms with Crippen LogP contribution in [-0.4, -0.2) is 22.6 Å². The Morgan fingerprint density at radius 1 is 0.844 bits per heavy atom. The summed E-state index contributed by atoms with van der Waals surface area (Å²) in [5.41, 5.74) is 4.63. The van der Waals surface area contributed by atoms with E-state index in [9.17, 15) is 27.6 Å². The van der Waals surface area contributed by atoms with E-state index >= 15 is 0 Å². The Morgan fingerprint density at radius 3 is 2.12 bits per heavy atom. The number of halogens is 3. The predicted octanol–water partition coefficient (Wildman–Crippen LogP) is 4.26. The zero-order chi connectivity index (χ0) is 22.9. The van der Waals surface area contributed by atoms with Crippen molar-refractivity contribution in [1.29, 1.82) is 0 Å². The first kappa shape index (κ1) is 21.1. The molecule has 1 aliphatic heterocycles. The van der Waals surface area contributed by atoms with Crippen LogP contribution in [0.1, 0.15) is 42.2 Å². The highest BCUT2D eigenvalue weighted by Gasteiger charge is 2.35. The lowest BCUT2D eigenvalue weighted by molar-refractivity contribution is -0.137. The molecule has 4 rings (SSSR count). The molecule has 2 N–H and O–H groups in total. The SMILES string of the molecule is O=C(NNc1ccccc1C(F)(F)F)c1cccc(CN2C(=O)c3ccccc3C2=O)c1. The van der Waals surface area contributed by atoms with Crippen molar-refractivity contribution < 1.29 is 27.6 Å². The number of hydrogen-bond donors (Lipinski definition) is 2. The molecule has 0 bridgehead atoms. The van der Waals surface area contributed by atoms with Crippen molar-refractivity contribution >= 4 is 23.4 Å². The van der Waals surface area contributed by atoms with Gasteiger partial charge in [-0.05, 0) is 42.0 Å². The van der Waals surface area contributed by atoms with Crippen LogP contribution in [0, 0.1) is 0 Å². The van der Waals surface area contributed by atoms with Gasteiger partial charge in [0.25, 0.3) is 17.7 Å². The number of anilines is 1. The van der Waals surface area contributed by atoms with Gasteiger partial charge in [0, 0.05) is 5.56 Å². The number of carbonyl (C=O) groups is 3. The van der Waals surface area contributed by atoms with Crippen LogP contribution in [0.3, 0.4) is 0 Å². The minimum Gasteiger partial charge on any atom is -0.298 e. The summed E-state index contributed by atoms with van der Waals surface area (Å²) in [5, 5.41) is 0. The largest absolute Gasteiger partial charge is 0.418 e. The first-order valence-corrected chi connectivity index (χ1v) is 9.52. The van der Waals surface area contributed by atoms with Crippen molar-refractivity contribution in [3.05, 3.63) is 101 Å². The summed E-state index contributed by atoms with van der Waals surface area (Å²) in [7, 11) is 0. The molecule has 162 valence electrons. The standard InChI is InChI=1S/C23H16F3N3O3/c24-23(25,26)18-10-3-4-11-19(18)27-28-20(30)15-7-5-6-14(12-15)13-29-21(31)16-8-1-2-9-17(16)22(29)32/h1-12,27H,13H2,(H,28,30). The molecule has 3 amide bonds. The Morgan fingerprint density at radius 2 is 1.47 bits per heavy atom. The number of para-hydroxylation sites is 1. The highest BCUT2D eigenvalue weighted by atomic mass is 19.4. The second kappa shape index (κ2) is 8.18. The molecule has 6 nitrogen and oxygen atoms in total. The van der Waals surface area contributed by atoms with E-state index in [1.807, 2.05) is 0 Å². The molecule has 0 unspecified atom stereocenters. The smallest absolute Gasteiger partial charge is 0.298 e. The van der Waals surface area contributed by atoms with E-state index < -0.39 is 29.5 Å². The van der Waals surface area contributed by atoms with Crippen LogP contribution >= 0.6 is 0 Å². The number of benzene rings is 3. The van der Waals surface area contributed by atoms with Crippen LogP contribution in [0.25, 0.3) is 0 Å². The number of amides is 3. The molecule has 0 saturated heterocycles. The normalized spacial score (nSPS) is 13.2. The van der Waals surface area contributed by atoms with Crippen LogP contribution in [-0.2, 0) is 12.7 Å². The Bertz CT molecular complexity index is 1190. The maximum Gasteiger partial charge on any atom is 0.418 e. The van der Waals surface area contributed by atoms with Crippen molar-refractivity contribution in [1.82, 2.24) is 10.3 Å². The number of alkyl halides is 3. The highest BCUT2D eigenvalue weighted by molar-refractivity contribution is 6.21. The third kappa shape index (κ3) is 4.04. The van der Waals surface area contributed by atoms with Gasteiger partial charge in [0.1, 0.15) is 0 Å². The number of hydrazine groups is 1. The molecule has 9 heteroatoms. The number of carbonyl (C=O) groups excluding carboxylic acids is 3. The van der Waals surface area contributed by atoms with Crippen molar-refractivity contribution in [3.63, 3.8) is 0 Å². The van der Waals surface area contributed by atoms with Crippen molar-refractivity contribution in [3.8, 4) is 0 Å². The average Bonchev–Trinajstić information content (AvgIpc) is 3.02. The number of fused-ring (bicyclic) bond motifs is 1. The van der Waals surface area contributed by atoms with Gasteiger partial charge < -0.3 is 0 Å². The Balaban J connectivity index is 1.47. The lowest BCUT2D eigenvalue weighted by Crippen LogP contribution is -2.31. The molecular formula is C23H16F3N3O3. The lowest BCUT2D eigenvalue weighted by Gasteiger charge is -2.16. The monoisotopic (exact) mass is 439 g/mol. The average molecular weight is 439 g/mol. The van der Waals surface area contributed by atoms with Gasteiger partial charge in [-0.3, -0.25) is 30.1 Å². The molecular weight excluding hydrogens is 423 g/mol. The van der Waals surface area contributed by atoms with Crippen molar-refractivity contribution in [2.24, 2.45) is 0 Å². The number of rotatable bonds is 5. The van der Waals surface area contributed by atoms with E-state index in [2.05, 4.69) is 10.9 Å². The van der Waals surface area contributed by atoms with Crippen molar-refractivity contribution in [2.75, 3.05) is 5.43 Å². The Kier molecular flexibility index (Phi) is 5.40. The van der Waals surface area contributed by atoms with Crippen LogP contribution in [0.2, 0.25) is 0 Å². The highest BCUT2D eigenvalue weighted by Crippen LogP contribution is 2.34. The summed E-state index contributed by atoms with van der Waals surface area (Å²) in [5.74, 6) is -1.53. The van der Waals surface area contributed by atoms with Crippen LogP contribution in [0.15, 0.2) is 72.8 Å². The predicted molar refractivity (Wildman–Crippen MR) is 110 cm³/mol. The maximum atomic E-state index is 13.1. The van der Waals surface area contributed by atoms with Crippen LogP contribution in [0.5, 0.6) is 0 Å². The quantitative estimate of drug-likeness (QED) is 0.460. The summed E-state index contributed by atoms with van der Waals surface area (Å²) in [6, 6.07) is 17.4. The molecule has 0 atom stereocenters. The van der Waals surface area contributed by atoms with E-state index in [-0.39, 0.29) is 17.8 Å². The molecule has 0 spiro atoms. The Hall–Kier alpha value is -4.14. The van der Waals surface area contributed by atoms with Gasteiger partial charge in [0.2, 0.25) is 0 Å². The van der Waals surface area contributed by atoms with Gasteiger partial charge in [-0.15, -0.1) is 0 Å². The molecule has 0 aromatic heterocycles. The molecule has 3 aromatic rings. The zero-order valence-corrected chi connectivity index (χ0v) is 16.4. The second-order valence-electron chi connectivity index (χ2n) is 7.06. The first-order valence-electron chi connectivity index (χ1n) is 9.52. The summed E-state index contributed by atoms with van der Waals surface area (Å²) in [6.45, 7) is -0.0438. The van der Waals surface area contributed by atoms with Crippen molar-refractivity contribution in [2.45, 2.75) is 12.7 Å². The van der Waals surface area contributed by atoms with E-state index in [4.69, 9.17) is 0 Å². The minimum atomic E-state index is -4.58. The molecule has 0 fully saturated rings. The van der Waals surface area contributed by atoms with Gasteiger partial charge in [0.15, 0.2) is 0 Å². The zero-order valence-electron chi connectivity index (χ0n) is 16.4. The van der Waals surface area contributed by atoms with E-state index in [1.54, 1.807) is 36.4 Å². The molecule has 0 saturated carbocycles. The number of imide groups is 1. The third-order valence-electron chi connectivity index (χ3n) is 4.95. The molecule has 32 heavy (non-hydrogen) atoms. The van der Waals surface area contributed by atoms with Crippen LogP contribution in [0.4, 0.5) is 18.9 Å². The summed E-state index contributed by atoms with van der Waals surface area (Å²) < 4.78 is 39.3. The summed E-state index contributed by atoms with van der Waals surface area (Å²) in [4.78, 5) is 38.6. The third-order valence-corrected chi connectivity index (χ3v) is 4.95. The number of hydrogen-bond acceptors (Lipinski definition) is 4. The molecule has 1 heterocycles. The minimum absolute atomic E-state index is 0.0438. The van der Waals surface area contributed by atoms with Gasteiger partial charge in [0.05, 0.1) is 28.9 Å². The van der Waals surface area contributed by atoms with Gasteiger partial charge in [-0.1, -0.05) is 36.4 Å². The topological polar surface area (TPSA) is 78.5 Å². The summed E-state index contributed by atoms with van der Waals surface area (Å²) >= 11 is 0. The van der Waals surface area contributed by atoms with Gasteiger partial charge in [-0.25, -0.2) is 0 Å². The Labute approximate surface area is 180 Å². The van der Waals surface area contributed by atoms with Gasteiger partial charge in [-0.2, -0.15) is 13.2 Å². The fraction of sp³-hybridized carbons (Fsp3) is 0.0870. The fourth-order valence-electron chi connectivity index (χ4n) is 3.41. The maximum absolute atomic E-state index is 13.1. The van der Waals surface area contributed by atoms with Crippen LogP contribution < -0.4 is 10.9 Å². The van der Waals surface area contributed by atoms with Gasteiger partial charge >= 0.3 is 6.18 Å². The second-order valence-corrected chi connectivity index (χ2v) is 7.06. The number of nitrogens with one attached hydrogen (secondary N) is 2. The first-order chi connectivity index (χ1) is 15.3. The summed E-state index contributed by atoms with van der Waals surface area (Å²) in [6.07, 6.45) is -4.58. The van der Waals surface area contributed by atoms with E-state index in [0.717, 1.165) is 11.0 Å². The molecule has 1 aliphatic rings. The molecule has 0 radical (unpaired) electrons. The molecule has 3 aromatic carbocycles. The molecule has 0 aliphatic carbocycles. The number of nitrogens with zero attached hydrogens (tertiary/aromatic N) is 1.